The zero-order valence-corrected chi connectivity index (χ0v) is 12.1. The number of hydrogen-bond acceptors (Lipinski definition) is 5. The number of phenolic OH excluding ortho intramolecular Hbond substituents is 1. The van der Waals surface area contributed by atoms with Crippen molar-refractivity contribution in [2.45, 2.75) is 6.92 Å². The van der Waals surface area contributed by atoms with E-state index in [2.05, 4.69) is 20.7 Å². The summed E-state index contributed by atoms with van der Waals surface area (Å²) in [5.41, 5.74) is 3.92. The molecular weight excluding hydrogens is 296 g/mol. The highest BCUT2D eigenvalue weighted by Gasteiger charge is 2.09. The Kier molecular flexibility index (Phi) is 4.44. The Morgan fingerprint density at radius 3 is 2.90 bits per heavy atom. The van der Waals surface area contributed by atoms with Gasteiger partial charge >= 0.3 is 0 Å². The molecule has 7 nitrogen and oxygen atoms in total. The first-order valence-corrected chi connectivity index (χ1v) is 6.31. The van der Waals surface area contributed by atoms with E-state index >= 15 is 0 Å². The highest BCUT2D eigenvalue weighted by molar-refractivity contribution is 6.32. The fourth-order valence-electron chi connectivity index (χ4n) is 1.58. The molecule has 0 unspecified atom stereocenters. The molecule has 1 aromatic heterocycles. The molecule has 0 spiro atoms. The van der Waals surface area contributed by atoms with Crippen molar-refractivity contribution < 1.29 is 14.6 Å². The smallest absolute Gasteiger partial charge is 0.291 e. The number of methoxy groups -OCH3 is 1. The Morgan fingerprint density at radius 1 is 1.52 bits per heavy atom. The molecule has 0 saturated carbocycles. The van der Waals surface area contributed by atoms with E-state index in [0.29, 0.717) is 5.56 Å². The SMILES string of the molecule is COc1cc(C=NNC(=O)c2cc(C)[nH]n2)cc(Cl)c1O. The number of nitrogens with zero attached hydrogens (tertiary/aromatic N) is 2. The number of aryl methyl sites for hydroxylation is 1. The molecule has 0 bridgehead atoms. The number of aromatic hydroxyl groups is 1. The second kappa shape index (κ2) is 6.27. The zero-order valence-electron chi connectivity index (χ0n) is 11.3. The minimum absolute atomic E-state index is 0.130. The van der Waals surface area contributed by atoms with Crippen LogP contribution >= 0.6 is 11.6 Å². The van der Waals surface area contributed by atoms with E-state index in [4.69, 9.17) is 16.3 Å². The number of carbonyl (C=O) groups is 1. The van der Waals surface area contributed by atoms with Gasteiger partial charge in [-0.2, -0.15) is 10.2 Å². The Hall–Kier alpha value is -2.54. The molecule has 1 heterocycles. The lowest BCUT2D eigenvalue weighted by atomic mass is 10.2. The summed E-state index contributed by atoms with van der Waals surface area (Å²) in [7, 11) is 1.41. The van der Waals surface area contributed by atoms with Gasteiger partial charge in [0, 0.05) is 5.69 Å². The number of halogens is 1. The van der Waals surface area contributed by atoms with E-state index in [1.165, 1.54) is 25.5 Å². The molecule has 8 heteroatoms. The van der Waals surface area contributed by atoms with Crippen LogP contribution in [0.4, 0.5) is 0 Å². The number of amides is 1. The van der Waals surface area contributed by atoms with Crippen LogP contribution in [-0.2, 0) is 0 Å². The molecular formula is C13H13ClN4O3. The quantitative estimate of drug-likeness (QED) is 0.593. The molecule has 0 radical (unpaired) electrons. The maximum absolute atomic E-state index is 11.7. The average molecular weight is 309 g/mol. The van der Waals surface area contributed by atoms with Crippen LogP contribution in [0.5, 0.6) is 11.5 Å². The lowest BCUT2D eigenvalue weighted by Crippen LogP contribution is -2.18. The van der Waals surface area contributed by atoms with Gasteiger partial charge in [0.15, 0.2) is 17.2 Å². The van der Waals surface area contributed by atoms with Crippen molar-refractivity contribution in [1.82, 2.24) is 15.6 Å². The van der Waals surface area contributed by atoms with Crippen LogP contribution in [0.25, 0.3) is 0 Å². The van der Waals surface area contributed by atoms with Crippen molar-refractivity contribution in [3.8, 4) is 11.5 Å². The van der Waals surface area contributed by atoms with Gasteiger partial charge in [-0.15, -0.1) is 0 Å². The first kappa shape index (κ1) is 14.9. The summed E-state index contributed by atoms with van der Waals surface area (Å²) in [6, 6.07) is 4.63. The van der Waals surface area contributed by atoms with E-state index in [-0.39, 0.29) is 22.2 Å². The summed E-state index contributed by atoms with van der Waals surface area (Å²) >= 11 is 5.84. The van der Waals surface area contributed by atoms with Crippen LogP contribution < -0.4 is 10.2 Å². The third-order valence-corrected chi connectivity index (χ3v) is 2.88. The first-order chi connectivity index (χ1) is 10.0. The number of benzene rings is 1. The summed E-state index contributed by atoms with van der Waals surface area (Å²) in [4.78, 5) is 11.7. The molecule has 1 amide bonds. The monoisotopic (exact) mass is 308 g/mol. The van der Waals surface area contributed by atoms with Gasteiger partial charge in [-0.05, 0) is 30.7 Å². The fourth-order valence-corrected chi connectivity index (χ4v) is 1.80. The second-order valence-electron chi connectivity index (χ2n) is 4.19. The Bertz CT molecular complexity index is 697. The highest BCUT2D eigenvalue weighted by atomic mass is 35.5. The topological polar surface area (TPSA) is 99.6 Å². The van der Waals surface area contributed by atoms with Gasteiger partial charge in [0.2, 0.25) is 0 Å². The molecule has 21 heavy (non-hydrogen) atoms. The predicted octanol–water partition coefficient (Wildman–Crippen LogP) is 1.85. The maximum Gasteiger partial charge on any atom is 0.291 e. The average Bonchev–Trinajstić information content (AvgIpc) is 2.89. The number of hydrogen-bond donors (Lipinski definition) is 3. The normalized spacial score (nSPS) is 10.8. The predicted molar refractivity (Wildman–Crippen MR) is 78.1 cm³/mol. The number of nitrogens with one attached hydrogen (secondary N) is 2. The minimum atomic E-state index is -0.438. The fraction of sp³-hybridized carbons (Fsp3) is 0.154. The largest absolute Gasteiger partial charge is 0.503 e. The number of phenols is 1. The molecule has 0 saturated heterocycles. The zero-order chi connectivity index (χ0) is 15.4. The third-order valence-electron chi connectivity index (χ3n) is 2.59. The standard InChI is InChI=1S/C13H13ClN4O3/c1-7-3-10(17-16-7)13(20)18-15-6-8-4-9(14)12(19)11(5-8)21-2/h3-6,19H,1-2H3,(H,16,17)(H,18,20). The van der Waals surface area contributed by atoms with Crippen molar-refractivity contribution in [2.24, 2.45) is 5.10 Å². The van der Waals surface area contributed by atoms with Crippen LogP contribution in [0, 0.1) is 6.92 Å². The number of carbonyl (C=O) groups excluding carboxylic acids is 1. The number of aromatic amines is 1. The van der Waals surface area contributed by atoms with E-state index in [0.717, 1.165) is 5.69 Å². The van der Waals surface area contributed by atoms with Gasteiger partial charge in [-0.1, -0.05) is 11.6 Å². The van der Waals surface area contributed by atoms with Gasteiger partial charge in [-0.3, -0.25) is 9.89 Å². The van der Waals surface area contributed by atoms with Gasteiger partial charge in [-0.25, -0.2) is 5.43 Å². The lowest BCUT2D eigenvalue weighted by molar-refractivity contribution is 0.0950. The van der Waals surface area contributed by atoms with Gasteiger partial charge in [0.05, 0.1) is 18.3 Å². The second-order valence-corrected chi connectivity index (χ2v) is 4.60. The number of hydrazone groups is 1. The lowest BCUT2D eigenvalue weighted by Gasteiger charge is -2.05. The van der Waals surface area contributed by atoms with Crippen LogP contribution in [0.1, 0.15) is 21.7 Å². The van der Waals surface area contributed by atoms with Crippen molar-refractivity contribution in [3.05, 3.63) is 40.2 Å². The summed E-state index contributed by atoms with van der Waals surface area (Å²) < 4.78 is 4.97. The number of aromatic nitrogens is 2. The molecule has 110 valence electrons. The Morgan fingerprint density at radius 2 is 2.29 bits per heavy atom. The summed E-state index contributed by atoms with van der Waals surface area (Å²) in [6.07, 6.45) is 1.38. The van der Waals surface area contributed by atoms with Gasteiger partial charge < -0.3 is 9.84 Å². The molecule has 0 fully saturated rings. The minimum Gasteiger partial charge on any atom is -0.503 e. The van der Waals surface area contributed by atoms with E-state index in [9.17, 15) is 9.90 Å². The number of rotatable bonds is 4. The molecule has 0 atom stereocenters. The van der Waals surface area contributed by atoms with Crippen LogP contribution in [-0.4, -0.2) is 34.5 Å². The molecule has 1 aromatic carbocycles. The van der Waals surface area contributed by atoms with E-state index in [1.807, 2.05) is 0 Å². The summed E-state index contributed by atoms with van der Waals surface area (Å²) in [5, 5.41) is 20.0. The molecule has 2 aromatic rings. The van der Waals surface area contributed by atoms with E-state index < -0.39 is 5.91 Å². The first-order valence-electron chi connectivity index (χ1n) is 5.93. The van der Waals surface area contributed by atoms with Crippen molar-refractivity contribution >= 4 is 23.7 Å². The molecule has 0 aliphatic rings. The number of ether oxygens (including phenoxy) is 1. The summed E-state index contributed by atoms with van der Waals surface area (Å²) in [5.74, 6) is -0.363. The van der Waals surface area contributed by atoms with Gasteiger partial charge in [0.1, 0.15) is 0 Å². The third kappa shape index (κ3) is 3.51. The molecule has 0 aliphatic carbocycles. The molecule has 0 aliphatic heterocycles. The van der Waals surface area contributed by atoms with Gasteiger partial charge in [0.25, 0.3) is 5.91 Å². The summed E-state index contributed by atoms with van der Waals surface area (Å²) in [6.45, 7) is 1.79. The Balaban J connectivity index is 2.08. The molecule has 3 N–H and O–H groups in total. The van der Waals surface area contributed by atoms with Crippen LogP contribution in [0.2, 0.25) is 5.02 Å². The Labute approximate surface area is 125 Å². The number of H-pyrrole nitrogens is 1. The maximum atomic E-state index is 11.7. The molecule has 2 rings (SSSR count). The van der Waals surface area contributed by atoms with E-state index in [1.54, 1.807) is 13.0 Å². The van der Waals surface area contributed by atoms with Crippen LogP contribution in [0.15, 0.2) is 23.3 Å². The highest BCUT2D eigenvalue weighted by Crippen LogP contribution is 2.34. The van der Waals surface area contributed by atoms with Crippen molar-refractivity contribution in [1.29, 1.82) is 0 Å². The van der Waals surface area contributed by atoms with Crippen LogP contribution in [0.3, 0.4) is 0 Å². The van der Waals surface area contributed by atoms with Crippen molar-refractivity contribution in [2.75, 3.05) is 7.11 Å². The van der Waals surface area contributed by atoms with Crippen molar-refractivity contribution in [3.63, 3.8) is 0 Å².